The van der Waals surface area contributed by atoms with Crippen LogP contribution in [0.5, 0.6) is 0 Å². The number of nitrogens with zero attached hydrogens (tertiary/aromatic N) is 5. The molecule has 2 aliphatic heterocycles. The second-order valence-corrected chi connectivity index (χ2v) is 7.90. The van der Waals surface area contributed by atoms with Crippen molar-refractivity contribution in [2.24, 2.45) is 0 Å². The highest BCUT2D eigenvalue weighted by Crippen LogP contribution is 2.26. The predicted octanol–water partition coefficient (Wildman–Crippen LogP) is 1.42. The number of carboxylic acid groups (broad SMARTS) is 1. The molecule has 2 N–H and O–H groups in total. The van der Waals surface area contributed by atoms with E-state index in [0.29, 0.717) is 11.6 Å². The molecule has 2 aliphatic rings. The zero-order chi connectivity index (χ0) is 21.5. The van der Waals surface area contributed by atoms with Crippen molar-refractivity contribution in [3.63, 3.8) is 0 Å². The maximum absolute atomic E-state index is 11.5. The van der Waals surface area contributed by atoms with Crippen molar-refractivity contribution in [3.05, 3.63) is 41.6 Å². The molecule has 0 amide bonds. The maximum Gasteiger partial charge on any atom is 0.339 e. The molecule has 0 spiro atoms. The van der Waals surface area contributed by atoms with E-state index in [1.165, 1.54) is 19.3 Å². The lowest BCUT2D eigenvalue weighted by molar-refractivity contribution is 0.0697. The van der Waals surface area contributed by atoms with Crippen LogP contribution in [0.25, 0.3) is 11.3 Å². The van der Waals surface area contributed by atoms with Gasteiger partial charge in [0, 0.05) is 64.1 Å². The second kappa shape index (κ2) is 10.5. The SMILES string of the molecule is CN1CCNCC1.Cc1ccccc1-c1nc(N2CCN(C)CC2)ncc1C(=O)O. The van der Waals surface area contributed by atoms with Gasteiger partial charge in [-0.15, -0.1) is 0 Å². The molecule has 30 heavy (non-hydrogen) atoms. The Morgan fingerprint density at radius 3 is 2.20 bits per heavy atom. The van der Waals surface area contributed by atoms with E-state index in [1.54, 1.807) is 0 Å². The fourth-order valence-electron chi connectivity index (χ4n) is 3.51. The molecular weight excluding hydrogens is 380 g/mol. The number of rotatable bonds is 3. The number of carbonyl (C=O) groups is 1. The van der Waals surface area contributed by atoms with Crippen molar-refractivity contribution >= 4 is 11.9 Å². The molecule has 2 saturated heterocycles. The lowest BCUT2D eigenvalue weighted by atomic mass is 10.0. The highest BCUT2D eigenvalue weighted by atomic mass is 16.4. The number of aromatic nitrogens is 2. The number of aryl methyl sites for hydroxylation is 1. The van der Waals surface area contributed by atoms with E-state index in [2.05, 4.69) is 44.1 Å². The molecule has 0 bridgehead atoms. The van der Waals surface area contributed by atoms with Gasteiger partial charge in [-0.1, -0.05) is 24.3 Å². The summed E-state index contributed by atoms with van der Waals surface area (Å²) in [5.74, 6) is -0.408. The van der Waals surface area contributed by atoms with Crippen molar-refractivity contribution in [2.75, 3.05) is 71.4 Å². The third-order valence-electron chi connectivity index (χ3n) is 5.53. The topological polar surface area (TPSA) is 84.8 Å². The zero-order valence-corrected chi connectivity index (χ0v) is 18.1. The number of anilines is 1. The van der Waals surface area contributed by atoms with Crippen molar-refractivity contribution in [3.8, 4) is 11.3 Å². The van der Waals surface area contributed by atoms with Crippen LogP contribution in [0.2, 0.25) is 0 Å². The summed E-state index contributed by atoms with van der Waals surface area (Å²) in [5.41, 5.74) is 2.46. The second-order valence-electron chi connectivity index (χ2n) is 7.90. The fraction of sp³-hybridized carbons (Fsp3) is 0.500. The van der Waals surface area contributed by atoms with E-state index < -0.39 is 5.97 Å². The standard InChI is InChI=1S/C17H20N4O2.C5H12N2/c1-12-5-3-4-6-13(12)15-14(16(22)23)11-18-17(19-15)21-9-7-20(2)8-10-21;1-7-4-2-6-3-5-7/h3-6,11H,7-10H2,1-2H3,(H,22,23);6H,2-5H2,1H3. The lowest BCUT2D eigenvalue weighted by Crippen LogP contribution is -2.45. The molecule has 0 atom stereocenters. The summed E-state index contributed by atoms with van der Waals surface area (Å²) in [6.07, 6.45) is 1.42. The van der Waals surface area contributed by atoms with Gasteiger partial charge in [0.15, 0.2) is 0 Å². The van der Waals surface area contributed by atoms with E-state index in [4.69, 9.17) is 0 Å². The normalized spacial score (nSPS) is 17.9. The van der Waals surface area contributed by atoms with Crippen LogP contribution in [-0.4, -0.2) is 97.3 Å². The molecule has 2 aromatic rings. The molecular formula is C22H32N6O2. The minimum Gasteiger partial charge on any atom is -0.478 e. The molecule has 162 valence electrons. The molecule has 0 unspecified atom stereocenters. The number of aromatic carboxylic acids is 1. The Hall–Kier alpha value is -2.55. The lowest BCUT2D eigenvalue weighted by Gasteiger charge is -2.32. The van der Waals surface area contributed by atoms with E-state index in [0.717, 1.165) is 50.4 Å². The monoisotopic (exact) mass is 412 g/mol. The molecule has 8 nitrogen and oxygen atoms in total. The van der Waals surface area contributed by atoms with Gasteiger partial charge in [0.2, 0.25) is 5.95 Å². The van der Waals surface area contributed by atoms with Crippen LogP contribution >= 0.6 is 0 Å². The van der Waals surface area contributed by atoms with E-state index in [1.807, 2.05) is 31.2 Å². The van der Waals surface area contributed by atoms with E-state index >= 15 is 0 Å². The van der Waals surface area contributed by atoms with Crippen LogP contribution in [0.3, 0.4) is 0 Å². The van der Waals surface area contributed by atoms with Gasteiger partial charge in [-0.05, 0) is 26.6 Å². The smallest absolute Gasteiger partial charge is 0.339 e. The number of hydrogen-bond acceptors (Lipinski definition) is 7. The highest BCUT2D eigenvalue weighted by Gasteiger charge is 2.21. The first-order chi connectivity index (χ1) is 14.5. The van der Waals surface area contributed by atoms with Crippen molar-refractivity contribution in [1.29, 1.82) is 0 Å². The van der Waals surface area contributed by atoms with Gasteiger partial charge < -0.3 is 25.1 Å². The van der Waals surface area contributed by atoms with Crippen LogP contribution in [0.1, 0.15) is 15.9 Å². The first-order valence-corrected chi connectivity index (χ1v) is 10.4. The van der Waals surface area contributed by atoms with Crippen molar-refractivity contribution in [1.82, 2.24) is 25.1 Å². The van der Waals surface area contributed by atoms with Gasteiger partial charge >= 0.3 is 5.97 Å². The van der Waals surface area contributed by atoms with Gasteiger partial charge in [-0.3, -0.25) is 0 Å². The van der Waals surface area contributed by atoms with Crippen molar-refractivity contribution in [2.45, 2.75) is 6.92 Å². The van der Waals surface area contributed by atoms with Gasteiger partial charge in [0.1, 0.15) is 5.56 Å². The fourth-order valence-corrected chi connectivity index (χ4v) is 3.51. The molecule has 1 aromatic heterocycles. The summed E-state index contributed by atoms with van der Waals surface area (Å²) in [4.78, 5) is 27.1. The summed E-state index contributed by atoms with van der Waals surface area (Å²) in [5, 5.41) is 12.7. The third-order valence-corrected chi connectivity index (χ3v) is 5.53. The molecule has 2 fully saturated rings. The minimum atomic E-state index is -1.01. The average Bonchev–Trinajstić information content (AvgIpc) is 2.75. The Bertz CT molecular complexity index is 845. The van der Waals surface area contributed by atoms with E-state index in [-0.39, 0.29) is 5.56 Å². The number of carboxylic acids is 1. The zero-order valence-electron chi connectivity index (χ0n) is 18.1. The summed E-state index contributed by atoms with van der Waals surface area (Å²) in [6, 6.07) is 7.68. The molecule has 0 aliphatic carbocycles. The van der Waals surface area contributed by atoms with Crippen LogP contribution in [-0.2, 0) is 0 Å². The number of likely N-dealkylation sites (N-methyl/N-ethyl adjacent to an activating group) is 2. The predicted molar refractivity (Wildman–Crippen MR) is 119 cm³/mol. The Kier molecular flexibility index (Phi) is 7.73. The highest BCUT2D eigenvalue weighted by molar-refractivity contribution is 5.95. The minimum absolute atomic E-state index is 0.136. The number of hydrogen-bond donors (Lipinski definition) is 2. The summed E-state index contributed by atoms with van der Waals surface area (Å²) >= 11 is 0. The molecule has 0 saturated carbocycles. The Morgan fingerprint density at radius 1 is 1.00 bits per heavy atom. The Morgan fingerprint density at radius 2 is 1.63 bits per heavy atom. The molecule has 1 aromatic carbocycles. The quantitative estimate of drug-likeness (QED) is 0.783. The average molecular weight is 413 g/mol. The maximum atomic E-state index is 11.5. The Balaban J connectivity index is 0.000000310. The molecule has 4 rings (SSSR count). The van der Waals surface area contributed by atoms with E-state index in [9.17, 15) is 9.90 Å². The third kappa shape index (κ3) is 5.75. The van der Waals surface area contributed by atoms with Crippen LogP contribution in [0, 0.1) is 6.92 Å². The molecule has 8 heteroatoms. The number of benzene rings is 1. The van der Waals surface area contributed by atoms with Gasteiger partial charge in [-0.2, -0.15) is 0 Å². The summed E-state index contributed by atoms with van der Waals surface area (Å²) in [7, 11) is 4.24. The number of piperazine rings is 2. The van der Waals surface area contributed by atoms with Crippen LogP contribution < -0.4 is 10.2 Å². The summed E-state index contributed by atoms with van der Waals surface area (Å²) in [6.45, 7) is 10.3. The van der Waals surface area contributed by atoms with Crippen LogP contribution in [0.4, 0.5) is 5.95 Å². The Labute approximate surface area is 178 Å². The van der Waals surface area contributed by atoms with Gasteiger partial charge in [0.25, 0.3) is 0 Å². The first kappa shape index (κ1) is 22.1. The summed E-state index contributed by atoms with van der Waals surface area (Å²) < 4.78 is 0. The van der Waals surface area contributed by atoms with Gasteiger partial charge in [0.05, 0.1) is 5.69 Å². The van der Waals surface area contributed by atoms with Crippen molar-refractivity contribution < 1.29 is 9.90 Å². The van der Waals surface area contributed by atoms with Crippen LogP contribution in [0.15, 0.2) is 30.5 Å². The largest absolute Gasteiger partial charge is 0.478 e. The number of nitrogens with one attached hydrogen (secondary N) is 1. The van der Waals surface area contributed by atoms with Gasteiger partial charge in [-0.25, -0.2) is 14.8 Å². The first-order valence-electron chi connectivity index (χ1n) is 10.4. The molecule has 3 heterocycles. The molecule has 0 radical (unpaired) electrons.